The molecular weight excluding hydrogens is 561 g/mol. The van der Waals surface area contributed by atoms with Gasteiger partial charge in [-0.05, 0) is 75.2 Å². The Hall–Kier alpha value is -4.82. The average Bonchev–Trinajstić information content (AvgIpc) is 3.47. The van der Waals surface area contributed by atoms with Gasteiger partial charge in [-0.3, -0.25) is 9.36 Å². The van der Waals surface area contributed by atoms with Crippen molar-refractivity contribution in [3.05, 3.63) is 150 Å². The van der Waals surface area contributed by atoms with Gasteiger partial charge in [-0.25, -0.2) is 14.2 Å². The fourth-order valence-corrected chi connectivity index (χ4v) is 6.56. The quantitative estimate of drug-likeness (QED) is 0.235. The van der Waals surface area contributed by atoms with Gasteiger partial charge in [0.2, 0.25) is 0 Å². The average molecular weight is 592 g/mol. The Balaban J connectivity index is 1.59. The van der Waals surface area contributed by atoms with Crippen molar-refractivity contribution >= 4 is 29.1 Å². The molecule has 8 heteroatoms. The molecule has 0 saturated heterocycles. The molecule has 0 saturated carbocycles. The van der Waals surface area contributed by atoms with Gasteiger partial charge in [0.25, 0.3) is 5.56 Å². The van der Waals surface area contributed by atoms with Gasteiger partial charge in [-0.2, -0.15) is 0 Å². The second-order valence-electron chi connectivity index (χ2n) is 10.5. The van der Waals surface area contributed by atoms with Crippen LogP contribution in [0.4, 0.5) is 4.39 Å². The molecule has 0 spiro atoms. The molecule has 216 valence electrons. The SMILES string of the molecule is CCOC(=O)C1=C(c2ccccc2)N=c2s/c(=C\c3cc(C)n(-c4ccc(C)cc4)c3C)c(=O)n2[C@@H]1c1ccc(F)cc1. The highest BCUT2D eigenvalue weighted by molar-refractivity contribution is 7.07. The molecule has 6 rings (SSSR count). The van der Waals surface area contributed by atoms with Gasteiger partial charge in [0.1, 0.15) is 5.82 Å². The van der Waals surface area contributed by atoms with Crippen LogP contribution in [-0.4, -0.2) is 21.7 Å². The summed E-state index contributed by atoms with van der Waals surface area (Å²) >= 11 is 1.26. The summed E-state index contributed by atoms with van der Waals surface area (Å²) in [6.45, 7) is 8.01. The molecule has 3 heterocycles. The van der Waals surface area contributed by atoms with Gasteiger partial charge in [0, 0.05) is 22.6 Å². The second-order valence-corrected chi connectivity index (χ2v) is 11.5. The molecule has 0 unspecified atom stereocenters. The van der Waals surface area contributed by atoms with Gasteiger partial charge in [0.05, 0.1) is 28.5 Å². The molecule has 0 bridgehead atoms. The number of rotatable bonds is 6. The Morgan fingerprint density at radius 1 is 1.00 bits per heavy atom. The molecule has 0 radical (unpaired) electrons. The molecule has 6 nitrogen and oxygen atoms in total. The number of halogens is 1. The zero-order valence-corrected chi connectivity index (χ0v) is 25.1. The molecule has 3 aromatic carbocycles. The number of nitrogens with zero attached hydrogens (tertiary/aromatic N) is 3. The lowest BCUT2D eigenvalue weighted by Gasteiger charge is -2.25. The van der Waals surface area contributed by atoms with Crippen molar-refractivity contribution < 1.29 is 13.9 Å². The second kappa shape index (κ2) is 11.5. The first kappa shape index (κ1) is 28.3. The lowest BCUT2D eigenvalue weighted by Crippen LogP contribution is -2.40. The van der Waals surface area contributed by atoms with Crippen LogP contribution in [0.1, 0.15) is 46.6 Å². The minimum Gasteiger partial charge on any atom is -0.463 e. The summed E-state index contributed by atoms with van der Waals surface area (Å²) in [6, 6.07) is 24.7. The molecular formula is C35H30FN3O3S. The highest BCUT2D eigenvalue weighted by atomic mass is 32.1. The van der Waals surface area contributed by atoms with E-state index in [-0.39, 0.29) is 17.7 Å². The number of carbonyl (C=O) groups excluding carboxylic acids is 1. The fraction of sp³-hybridized carbons (Fsp3) is 0.171. The first-order chi connectivity index (χ1) is 20.8. The lowest BCUT2D eigenvalue weighted by atomic mass is 9.93. The predicted octanol–water partition coefficient (Wildman–Crippen LogP) is 5.79. The van der Waals surface area contributed by atoms with E-state index in [0.717, 1.165) is 28.2 Å². The van der Waals surface area contributed by atoms with E-state index in [1.807, 2.05) is 50.3 Å². The fourth-order valence-electron chi connectivity index (χ4n) is 5.57. The minimum absolute atomic E-state index is 0.154. The molecule has 0 fully saturated rings. The maximum absolute atomic E-state index is 14.2. The molecule has 0 amide bonds. The molecule has 5 aromatic rings. The van der Waals surface area contributed by atoms with Crippen molar-refractivity contribution in [1.82, 2.24) is 9.13 Å². The number of ether oxygens (including phenoxy) is 1. The van der Waals surface area contributed by atoms with Crippen LogP contribution < -0.4 is 14.9 Å². The van der Waals surface area contributed by atoms with Crippen LogP contribution in [0.15, 0.2) is 100 Å². The number of aromatic nitrogens is 2. The van der Waals surface area contributed by atoms with Crippen LogP contribution in [0.5, 0.6) is 0 Å². The van der Waals surface area contributed by atoms with Gasteiger partial charge >= 0.3 is 5.97 Å². The number of carbonyl (C=O) groups is 1. The molecule has 2 aromatic heterocycles. The lowest BCUT2D eigenvalue weighted by molar-refractivity contribution is -0.138. The number of esters is 1. The third-order valence-corrected chi connectivity index (χ3v) is 8.59. The van der Waals surface area contributed by atoms with Crippen molar-refractivity contribution in [2.75, 3.05) is 6.61 Å². The smallest absolute Gasteiger partial charge is 0.338 e. The molecule has 1 atom stereocenters. The van der Waals surface area contributed by atoms with Crippen molar-refractivity contribution in [2.45, 2.75) is 33.7 Å². The Morgan fingerprint density at radius 3 is 2.37 bits per heavy atom. The first-order valence-electron chi connectivity index (χ1n) is 14.1. The maximum Gasteiger partial charge on any atom is 0.338 e. The predicted molar refractivity (Wildman–Crippen MR) is 167 cm³/mol. The van der Waals surface area contributed by atoms with Crippen LogP contribution in [0.25, 0.3) is 17.5 Å². The standard InChI is InChI=1S/C35H30FN3O3S/c1-5-42-34(41)30-31(24-9-7-6-8-10-24)37-35-39(32(30)25-13-15-27(36)16-14-25)33(40)29(43-35)20-26-19-22(3)38(23(26)4)28-17-11-21(2)12-18-28/h6-20,32H,5H2,1-4H3/b29-20-/t32-/m1/s1. The van der Waals surface area contributed by atoms with Gasteiger partial charge in [-0.1, -0.05) is 71.5 Å². The van der Waals surface area contributed by atoms with Crippen LogP contribution in [-0.2, 0) is 9.53 Å². The molecule has 1 aliphatic heterocycles. The van der Waals surface area contributed by atoms with Crippen LogP contribution in [0, 0.1) is 26.6 Å². The number of hydrogen-bond acceptors (Lipinski definition) is 5. The summed E-state index contributed by atoms with van der Waals surface area (Å²) in [5.74, 6) is -0.986. The Kier molecular flexibility index (Phi) is 7.54. The van der Waals surface area contributed by atoms with Crippen molar-refractivity contribution in [3.8, 4) is 5.69 Å². The number of thiazole rings is 1. The minimum atomic E-state index is -0.853. The molecule has 43 heavy (non-hydrogen) atoms. The van der Waals surface area contributed by atoms with E-state index in [0.29, 0.717) is 20.6 Å². The van der Waals surface area contributed by atoms with Gasteiger partial charge < -0.3 is 9.30 Å². The molecule has 0 aliphatic carbocycles. The summed E-state index contributed by atoms with van der Waals surface area (Å²) in [6.07, 6.45) is 1.88. The Morgan fingerprint density at radius 2 is 1.70 bits per heavy atom. The highest BCUT2D eigenvalue weighted by Gasteiger charge is 2.35. The number of aryl methyl sites for hydroxylation is 2. The zero-order chi connectivity index (χ0) is 30.2. The topological polar surface area (TPSA) is 65.6 Å². The summed E-state index contributed by atoms with van der Waals surface area (Å²) in [4.78, 5) is 33.1. The van der Waals surface area contributed by atoms with E-state index in [4.69, 9.17) is 9.73 Å². The zero-order valence-electron chi connectivity index (χ0n) is 24.3. The van der Waals surface area contributed by atoms with E-state index in [1.165, 1.54) is 33.6 Å². The largest absolute Gasteiger partial charge is 0.463 e. The van der Waals surface area contributed by atoms with Crippen molar-refractivity contribution in [2.24, 2.45) is 4.99 Å². The summed E-state index contributed by atoms with van der Waals surface area (Å²) < 4.78 is 23.7. The van der Waals surface area contributed by atoms with E-state index in [1.54, 1.807) is 19.1 Å². The van der Waals surface area contributed by atoms with E-state index in [9.17, 15) is 14.0 Å². The molecule has 1 aliphatic rings. The first-order valence-corrected chi connectivity index (χ1v) is 14.9. The Bertz CT molecular complexity index is 2050. The van der Waals surface area contributed by atoms with Gasteiger partial charge in [0.15, 0.2) is 4.80 Å². The monoisotopic (exact) mass is 591 g/mol. The van der Waals surface area contributed by atoms with Crippen LogP contribution >= 0.6 is 11.3 Å². The van der Waals surface area contributed by atoms with Crippen molar-refractivity contribution in [1.29, 1.82) is 0 Å². The normalized spacial score (nSPS) is 14.9. The van der Waals surface area contributed by atoms with E-state index in [2.05, 4.69) is 41.8 Å². The highest BCUT2D eigenvalue weighted by Crippen LogP contribution is 2.35. The van der Waals surface area contributed by atoms with Crippen molar-refractivity contribution in [3.63, 3.8) is 0 Å². The third-order valence-electron chi connectivity index (χ3n) is 7.61. The number of fused-ring (bicyclic) bond motifs is 1. The number of benzene rings is 3. The van der Waals surface area contributed by atoms with Crippen LogP contribution in [0.2, 0.25) is 0 Å². The summed E-state index contributed by atoms with van der Waals surface area (Å²) in [5.41, 5.74) is 6.86. The van der Waals surface area contributed by atoms with Crippen LogP contribution in [0.3, 0.4) is 0 Å². The third kappa shape index (κ3) is 5.19. The van der Waals surface area contributed by atoms with E-state index < -0.39 is 17.8 Å². The Labute approximate surface area is 252 Å². The summed E-state index contributed by atoms with van der Waals surface area (Å²) in [5, 5.41) is 0. The summed E-state index contributed by atoms with van der Waals surface area (Å²) in [7, 11) is 0. The van der Waals surface area contributed by atoms with E-state index >= 15 is 0 Å². The molecule has 0 N–H and O–H groups in total. The maximum atomic E-state index is 14.2. The number of hydrogen-bond donors (Lipinski definition) is 0. The van der Waals surface area contributed by atoms with Gasteiger partial charge in [-0.15, -0.1) is 0 Å².